The molecule has 1 aromatic heterocycles. The molecule has 1 aliphatic carbocycles. The predicted octanol–water partition coefficient (Wildman–Crippen LogP) is 2.02. The van der Waals surface area contributed by atoms with Crippen LogP contribution in [0.15, 0.2) is 29.4 Å². The first-order valence-corrected chi connectivity index (χ1v) is 6.13. The number of nitrogens with zero attached hydrogens (tertiary/aromatic N) is 2. The Morgan fingerprint density at radius 3 is 2.84 bits per heavy atom. The van der Waals surface area contributed by atoms with Crippen LogP contribution < -0.4 is 5.32 Å². The van der Waals surface area contributed by atoms with Crippen LogP contribution in [0.1, 0.15) is 12.8 Å². The molecule has 1 aliphatic rings. The fourth-order valence-corrected chi connectivity index (χ4v) is 2.17. The Hall–Kier alpha value is -2.37. The van der Waals surface area contributed by atoms with Crippen LogP contribution in [0.3, 0.4) is 0 Å². The number of rotatable bonds is 4. The second kappa shape index (κ2) is 4.38. The van der Waals surface area contributed by atoms with E-state index in [0.717, 1.165) is 12.8 Å². The summed E-state index contributed by atoms with van der Waals surface area (Å²) in [6, 6.07) is 7.24. The third-order valence-corrected chi connectivity index (χ3v) is 3.25. The molecule has 0 bridgehead atoms. The normalized spacial score (nSPS) is 14.5. The smallest absolute Gasteiger partial charge is 0.240 e. The summed E-state index contributed by atoms with van der Waals surface area (Å²) in [5, 5.41) is 16.2. The van der Waals surface area contributed by atoms with Gasteiger partial charge in [0, 0.05) is 11.4 Å². The van der Waals surface area contributed by atoms with E-state index in [4.69, 9.17) is 0 Å². The minimum Gasteiger partial charge on any atom is -0.493 e. The van der Waals surface area contributed by atoms with Crippen LogP contribution >= 0.6 is 0 Å². The van der Waals surface area contributed by atoms with Crippen LogP contribution in [-0.2, 0) is 11.3 Å². The van der Waals surface area contributed by atoms with Gasteiger partial charge >= 0.3 is 0 Å². The topological polar surface area (TPSA) is 83.7 Å². The Kier molecular flexibility index (Phi) is 2.70. The van der Waals surface area contributed by atoms with Crippen molar-refractivity contribution in [2.24, 2.45) is 5.18 Å². The van der Waals surface area contributed by atoms with Crippen molar-refractivity contribution in [1.29, 1.82) is 0 Å². The third-order valence-electron chi connectivity index (χ3n) is 3.25. The van der Waals surface area contributed by atoms with Gasteiger partial charge < -0.3 is 15.0 Å². The average molecular weight is 259 g/mol. The van der Waals surface area contributed by atoms with Gasteiger partial charge in [-0.1, -0.05) is 18.2 Å². The van der Waals surface area contributed by atoms with E-state index in [-0.39, 0.29) is 30.1 Å². The average Bonchev–Trinajstić information content (AvgIpc) is 3.17. The zero-order valence-corrected chi connectivity index (χ0v) is 10.2. The summed E-state index contributed by atoms with van der Waals surface area (Å²) in [6.07, 6.45) is 2.01. The zero-order chi connectivity index (χ0) is 13.4. The van der Waals surface area contributed by atoms with Crippen molar-refractivity contribution >= 4 is 22.5 Å². The van der Waals surface area contributed by atoms with Crippen LogP contribution in [0.4, 0.5) is 5.69 Å². The lowest BCUT2D eigenvalue weighted by Crippen LogP contribution is -2.29. The lowest BCUT2D eigenvalue weighted by Gasteiger charge is -2.07. The standard InChI is InChI=1S/C13H13N3O3/c17-11(14-8-5-6-8)7-16-10-4-2-1-3-9(10)12(15-19)13(16)18/h1-4,8,18H,5-7H2,(H,14,17). The van der Waals surface area contributed by atoms with Gasteiger partial charge in [-0.25, -0.2) is 0 Å². The molecule has 1 fully saturated rings. The lowest BCUT2D eigenvalue weighted by atomic mass is 10.2. The molecule has 19 heavy (non-hydrogen) atoms. The molecule has 98 valence electrons. The van der Waals surface area contributed by atoms with Gasteiger partial charge in [-0.05, 0) is 24.1 Å². The number of nitrogens with one attached hydrogen (secondary N) is 1. The molecular weight excluding hydrogens is 246 g/mol. The first-order chi connectivity index (χ1) is 9.20. The minimum atomic E-state index is -0.262. The molecular formula is C13H13N3O3. The fourth-order valence-electron chi connectivity index (χ4n) is 2.17. The first kappa shape index (κ1) is 11.7. The molecule has 2 N–H and O–H groups in total. The highest BCUT2D eigenvalue weighted by Crippen LogP contribution is 2.38. The van der Waals surface area contributed by atoms with Crippen LogP contribution in [0.2, 0.25) is 0 Å². The van der Waals surface area contributed by atoms with Gasteiger partial charge in [-0.3, -0.25) is 4.79 Å². The second-order valence-electron chi connectivity index (χ2n) is 4.71. The van der Waals surface area contributed by atoms with Crippen molar-refractivity contribution in [3.8, 4) is 5.88 Å². The molecule has 0 spiro atoms. The van der Waals surface area contributed by atoms with Crippen LogP contribution in [0.25, 0.3) is 10.9 Å². The van der Waals surface area contributed by atoms with E-state index >= 15 is 0 Å². The van der Waals surface area contributed by atoms with Crippen molar-refractivity contribution < 1.29 is 9.90 Å². The van der Waals surface area contributed by atoms with Gasteiger partial charge in [0.25, 0.3) is 0 Å². The maximum Gasteiger partial charge on any atom is 0.240 e. The van der Waals surface area contributed by atoms with Gasteiger partial charge in [0.15, 0.2) is 5.69 Å². The molecule has 2 aromatic rings. The summed E-state index contributed by atoms with van der Waals surface area (Å²) in [5.74, 6) is -0.432. The Labute approximate surface area is 109 Å². The van der Waals surface area contributed by atoms with Crippen LogP contribution in [0, 0.1) is 4.91 Å². The maximum absolute atomic E-state index is 11.8. The molecule has 1 aromatic carbocycles. The number of amides is 1. The summed E-state index contributed by atoms with van der Waals surface area (Å²) >= 11 is 0. The van der Waals surface area contributed by atoms with E-state index in [1.54, 1.807) is 24.3 Å². The summed E-state index contributed by atoms with van der Waals surface area (Å²) in [5.41, 5.74) is 0.607. The van der Waals surface area contributed by atoms with Crippen molar-refractivity contribution in [3.63, 3.8) is 0 Å². The first-order valence-electron chi connectivity index (χ1n) is 6.13. The number of hydrogen-bond donors (Lipinski definition) is 2. The van der Waals surface area contributed by atoms with Gasteiger partial charge in [0.2, 0.25) is 11.8 Å². The molecule has 6 heteroatoms. The zero-order valence-electron chi connectivity index (χ0n) is 10.2. The Morgan fingerprint density at radius 1 is 1.42 bits per heavy atom. The summed E-state index contributed by atoms with van der Waals surface area (Å²) in [7, 11) is 0. The Morgan fingerprint density at radius 2 is 2.16 bits per heavy atom. The SMILES string of the molecule is O=Nc1c(O)n(CC(=O)NC2CC2)c2ccccc12. The molecule has 0 radical (unpaired) electrons. The van der Waals surface area contributed by atoms with E-state index in [9.17, 15) is 14.8 Å². The molecule has 6 nitrogen and oxygen atoms in total. The van der Waals surface area contributed by atoms with Crippen molar-refractivity contribution in [1.82, 2.24) is 9.88 Å². The van der Waals surface area contributed by atoms with E-state index < -0.39 is 0 Å². The quantitative estimate of drug-likeness (QED) is 0.824. The van der Waals surface area contributed by atoms with Crippen molar-refractivity contribution in [2.75, 3.05) is 0 Å². The molecule has 1 amide bonds. The third kappa shape index (κ3) is 2.05. The molecule has 1 saturated carbocycles. The lowest BCUT2D eigenvalue weighted by molar-refractivity contribution is -0.121. The summed E-state index contributed by atoms with van der Waals surface area (Å²) < 4.78 is 1.41. The van der Waals surface area contributed by atoms with Gasteiger partial charge in [0.1, 0.15) is 6.54 Å². The molecule has 0 unspecified atom stereocenters. The number of carbonyl (C=O) groups is 1. The molecule has 1 heterocycles. The monoisotopic (exact) mass is 259 g/mol. The number of hydrogen-bond acceptors (Lipinski definition) is 4. The number of benzene rings is 1. The Bertz CT molecular complexity index is 658. The van der Waals surface area contributed by atoms with Crippen molar-refractivity contribution in [2.45, 2.75) is 25.4 Å². The predicted molar refractivity (Wildman–Crippen MR) is 70.2 cm³/mol. The van der Waals surface area contributed by atoms with E-state index in [1.165, 1.54) is 4.57 Å². The number of aromatic nitrogens is 1. The summed E-state index contributed by atoms with van der Waals surface area (Å²) in [6.45, 7) is -0.0155. The highest BCUT2D eigenvalue weighted by atomic mass is 16.3. The van der Waals surface area contributed by atoms with Gasteiger partial charge in [-0.2, -0.15) is 0 Å². The minimum absolute atomic E-state index is 0.0155. The van der Waals surface area contributed by atoms with Crippen LogP contribution in [0.5, 0.6) is 5.88 Å². The van der Waals surface area contributed by atoms with E-state index in [2.05, 4.69) is 10.5 Å². The van der Waals surface area contributed by atoms with E-state index in [0.29, 0.717) is 10.9 Å². The number of aromatic hydroxyl groups is 1. The van der Waals surface area contributed by atoms with Crippen LogP contribution in [-0.4, -0.2) is 21.6 Å². The number of fused-ring (bicyclic) bond motifs is 1. The molecule has 0 saturated heterocycles. The maximum atomic E-state index is 11.8. The largest absolute Gasteiger partial charge is 0.493 e. The number of carbonyl (C=O) groups excluding carboxylic acids is 1. The van der Waals surface area contributed by atoms with E-state index in [1.807, 2.05) is 0 Å². The van der Waals surface area contributed by atoms with Crippen molar-refractivity contribution in [3.05, 3.63) is 29.2 Å². The molecule has 0 aliphatic heterocycles. The Balaban J connectivity index is 1.99. The summed E-state index contributed by atoms with van der Waals surface area (Å²) in [4.78, 5) is 22.6. The number of nitroso groups, excluding NO2 is 1. The highest BCUT2D eigenvalue weighted by Gasteiger charge is 2.25. The highest BCUT2D eigenvalue weighted by molar-refractivity contribution is 5.96. The van der Waals surface area contributed by atoms with Gasteiger partial charge in [0.05, 0.1) is 5.52 Å². The molecule has 3 rings (SSSR count). The van der Waals surface area contributed by atoms with Gasteiger partial charge in [-0.15, -0.1) is 4.91 Å². The number of para-hydroxylation sites is 1. The molecule has 0 atom stereocenters. The second-order valence-corrected chi connectivity index (χ2v) is 4.71. The fraction of sp³-hybridized carbons (Fsp3) is 0.308.